The van der Waals surface area contributed by atoms with Crippen molar-refractivity contribution in [1.29, 1.82) is 0 Å². The average Bonchev–Trinajstić information content (AvgIpc) is 2.81. The Labute approximate surface area is 127 Å². The Morgan fingerprint density at radius 1 is 1.24 bits per heavy atom. The normalized spacial score (nSPS) is 11.4. The summed E-state index contributed by atoms with van der Waals surface area (Å²) >= 11 is 0. The van der Waals surface area contributed by atoms with Crippen LogP contribution >= 0.6 is 0 Å². The van der Waals surface area contributed by atoms with E-state index < -0.39 is 0 Å². The van der Waals surface area contributed by atoms with Gasteiger partial charge in [0.25, 0.3) is 0 Å². The van der Waals surface area contributed by atoms with Crippen molar-refractivity contribution in [2.75, 3.05) is 37.7 Å². The smallest absolute Gasteiger partial charge is 0.172 e. The number of nitrogens with two attached hydrogens (primary N) is 1. The van der Waals surface area contributed by atoms with Gasteiger partial charge in [-0.1, -0.05) is 25.8 Å². The summed E-state index contributed by atoms with van der Waals surface area (Å²) in [5.74, 6) is 0.787. The first-order chi connectivity index (χ1) is 10.2. The molecule has 0 unspecified atom stereocenters. The molecule has 0 spiro atoms. The van der Waals surface area contributed by atoms with Gasteiger partial charge in [0.05, 0.1) is 5.52 Å². The van der Waals surface area contributed by atoms with E-state index in [4.69, 9.17) is 5.73 Å². The molecule has 0 aliphatic rings. The van der Waals surface area contributed by atoms with Gasteiger partial charge in [0, 0.05) is 12.7 Å². The molecule has 0 aliphatic heterocycles. The molecule has 0 bridgehead atoms. The molecule has 0 fully saturated rings. The second-order valence-corrected chi connectivity index (χ2v) is 5.58. The topological polar surface area (TPSA) is 58.6 Å². The zero-order valence-electron chi connectivity index (χ0n) is 13.2. The van der Waals surface area contributed by atoms with E-state index in [1.165, 1.54) is 25.8 Å². The fourth-order valence-corrected chi connectivity index (χ4v) is 2.45. The highest BCUT2D eigenvalue weighted by molar-refractivity contribution is 5.80. The maximum Gasteiger partial charge on any atom is 0.172 e. The Morgan fingerprint density at radius 2 is 2.05 bits per heavy atom. The van der Waals surface area contributed by atoms with Gasteiger partial charge in [-0.2, -0.15) is 0 Å². The van der Waals surface area contributed by atoms with Crippen molar-refractivity contribution in [2.45, 2.75) is 32.6 Å². The van der Waals surface area contributed by atoms with Crippen LogP contribution in [0, 0.1) is 0 Å². The van der Waals surface area contributed by atoms with Gasteiger partial charge in [-0.3, -0.25) is 0 Å². The first kappa shape index (κ1) is 15.6. The highest BCUT2D eigenvalue weighted by atomic mass is 15.3. The molecule has 3 N–H and O–H groups in total. The fourth-order valence-electron chi connectivity index (χ4n) is 2.45. The highest BCUT2D eigenvalue weighted by Crippen LogP contribution is 2.22. The lowest BCUT2D eigenvalue weighted by atomic mass is 10.2. The zero-order chi connectivity index (χ0) is 15.1. The van der Waals surface area contributed by atoms with E-state index in [0.717, 1.165) is 36.5 Å². The summed E-state index contributed by atoms with van der Waals surface area (Å²) in [6.07, 6.45) is 6.90. The van der Waals surface area contributed by atoms with Crippen LogP contribution in [0.2, 0.25) is 0 Å². The van der Waals surface area contributed by atoms with E-state index in [1.54, 1.807) is 0 Å². The number of hydrogen-bond donors (Lipinski definition) is 2. The van der Waals surface area contributed by atoms with Crippen molar-refractivity contribution in [2.24, 2.45) is 0 Å². The molecular formula is C16H27N5. The summed E-state index contributed by atoms with van der Waals surface area (Å²) in [4.78, 5) is 2.39. The molecule has 0 radical (unpaired) electrons. The Kier molecular flexibility index (Phi) is 5.87. The summed E-state index contributed by atoms with van der Waals surface area (Å²) in [6.45, 7) is 5.42. The summed E-state index contributed by atoms with van der Waals surface area (Å²) in [5.41, 5.74) is 7.79. The SMILES string of the molecule is CCCCCN(C)CCCNc1nn2ccccc2c1N. The van der Waals surface area contributed by atoms with E-state index >= 15 is 0 Å². The van der Waals surface area contributed by atoms with Crippen LogP contribution in [0.15, 0.2) is 24.4 Å². The summed E-state index contributed by atoms with van der Waals surface area (Å²) in [7, 11) is 2.19. The molecule has 0 amide bonds. The summed E-state index contributed by atoms with van der Waals surface area (Å²) in [5, 5.41) is 7.80. The molecule has 5 nitrogen and oxygen atoms in total. The maximum atomic E-state index is 6.11. The van der Waals surface area contributed by atoms with Gasteiger partial charge in [-0.25, -0.2) is 4.52 Å². The van der Waals surface area contributed by atoms with Crippen LogP contribution < -0.4 is 11.1 Å². The van der Waals surface area contributed by atoms with Gasteiger partial charge < -0.3 is 16.0 Å². The minimum absolute atomic E-state index is 0.729. The molecule has 2 aromatic heterocycles. The van der Waals surface area contributed by atoms with Crippen molar-refractivity contribution < 1.29 is 0 Å². The number of aromatic nitrogens is 2. The monoisotopic (exact) mass is 289 g/mol. The minimum atomic E-state index is 0.729. The number of rotatable bonds is 9. The number of hydrogen-bond acceptors (Lipinski definition) is 4. The maximum absolute atomic E-state index is 6.11. The predicted octanol–water partition coefficient (Wildman–Crippen LogP) is 2.84. The highest BCUT2D eigenvalue weighted by Gasteiger charge is 2.08. The molecule has 0 saturated heterocycles. The predicted molar refractivity (Wildman–Crippen MR) is 89.7 cm³/mol. The zero-order valence-corrected chi connectivity index (χ0v) is 13.2. The van der Waals surface area contributed by atoms with E-state index in [9.17, 15) is 0 Å². The molecule has 0 saturated carbocycles. The molecule has 2 aromatic rings. The Balaban J connectivity index is 1.74. The van der Waals surface area contributed by atoms with Crippen LogP contribution in [0.3, 0.4) is 0 Å². The Morgan fingerprint density at radius 3 is 2.81 bits per heavy atom. The first-order valence-corrected chi connectivity index (χ1v) is 7.87. The van der Waals surface area contributed by atoms with E-state index in [1.807, 2.05) is 28.9 Å². The second-order valence-electron chi connectivity index (χ2n) is 5.58. The third-order valence-electron chi connectivity index (χ3n) is 3.73. The molecule has 5 heteroatoms. The number of anilines is 2. The van der Waals surface area contributed by atoms with Crippen LogP contribution in [0.25, 0.3) is 5.52 Å². The van der Waals surface area contributed by atoms with Crippen LogP contribution in [0.1, 0.15) is 32.6 Å². The number of nitrogens with zero attached hydrogens (tertiary/aromatic N) is 3. The Hall–Kier alpha value is -1.75. The van der Waals surface area contributed by atoms with Crippen LogP contribution in [-0.4, -0.2) is 41.2 Å². The van der Waals surface area contributed by atoms with Crippen molar-refractivity contribution in [3.63, 3.8) is 0 Å². The molecule has 2 rings (SSSR count). The molecule has 21 heavy (non-hydrogen) atoms. The van der Waals surface area contributed by atoms with E-state index in [2.05, 4.69) is 29.3 Å². The first-order valence-electron chi connectivity index (χ1n) is 7.87. The van der Waals surface area contributed by atoms with Gasteiger partial charge in [-0.05, 0) is 45.1 Å². The van der Waals surface area contributed by atoms with Crippen LogP contribution in [-0.2, 0) is 0 Å². The molecule has 0 atom stereocenters. The van der Waals surface area contributed by atoms with Gasteiger partial charge in [0.15, 0.2) is 5.82 Å². The number of fused-ring (bicyclic) bond motifs is 1. The van der Waals surface area contributed by atoms with Crippen molar-refractivity contribution in [3.05, 3.63) is 24.4 Å². The quantitative estimate of drug-likeness (QED) is 0.697. The lowest BCUT2D eigenvalue weighted by Gasteiger charge is -2.16. The summed E-state index contributed by atoms with van der Waals surface area (Å²) in [6, 6.07) is 5.91. The minimum Gasteiger partial charge on any atom is -0.394 e. The Bertz CT molecular complexity index is 549. The van der Waals surface area contributed by atoms with Gasteiger partial charge in [-0.15, -0.1) is 5.10 Å². The largest absolute Gasteiger partial charge is 0.394 e. The standard InChI is InChI=1S/C16H27N5/c1-3-4-6-11-20(2)12-8-10-18-16-15(17)14-9-5-7-13-21(14)19-16/h5,7,9,13H,3-4,6,8,10-12,17H2,1-2H3,(H,18,19). The summed E-state index contributed by atoms with van der Waals surface area (Å²) < 4.78 is 1.81. The molecule has 116 valence electrons. The van der Waals surface area contributed by atoms with Gasteiger partial charge in [0.1, 0.15) is 5.69 Å². The van der Waals surface area contributed by atoms with Crippen molar-refractivity contribution in [3.8, 4) is 0 Å². The third-order valence-corrected chi connectivity index (χ3v) is 3.73. The average molecular weight is 289 g/mol. The fraction of sp³-hybridized carbons (Fsp3) is 0.562. The lowest BCUT2D eigenvalue weighted by molar-refractivity contribution is 0.324. The van der Waals surface area contributed by atoms with Crippen LogP contribution in [0.4, 0.5) is 11.5 Å². The van der Waals surface area contributed by atoms with Crippen molar-refractivity contribution in [1.82, 2.24) is 14.5 Å². The third kappa shape index (κ3) is 4.36. The number of nitrogens with one attached hydrogen (secondary N) is 1. The number of unbranched alkanes of at least 4 members (excludes halogenated alkanes) is 2. The molecule has 0 aromatic carbocycles. The van der Waals surface area contributed by atoms with E-state index in [-0.39, 0.29) is 0 Å². The lowest BCUT2D eigenvalue weighted by Crippen LogP contribution is -2.22. The second kappa shape index (κ2) is 7.88. The molecule has 0 aliphatic carbocycles. The van der Waals surface area contributed by atoms with Gasteiger partial charge in [0.2, 0.25) is 0 Å². The number of pyridine rings is 1. The van der Waals surface area contributed by atoms with Crippen LogP contribution in [0.5, 0.6) is 0 Å². The van der Waals surface area contributed by atoms with E-state index in [0.29, 0.717) is 0 Å². The van der Waals surface area contributed by atoms with Gasteiger partial charge >= 0.3 is 0 Å². The molecule has 2 heterocycles. The molecular weight excluding hydrogens is 262 g/mol. The van der Waals surface area contributed by atoms with Crippen molar-refractivity contribution >= 4 is 17.0 Å². The number of nitrogen functional groups attached to an aromatic ring is 1.